The third-order valence-electron chi connectivity index (χ3n) is 4.25. The molecule has 1 fully saturated rings. The molecule has 5 nitrogen and oxygen atoms in total. The van der Waals surface area contributed by atoms with E-state index in [0.29, 0.717) is 19.7 Å². The van der Waals surface area contributed by atoms with Gasteiger partial charge in [-0.05, 0) is 11.6 Å². The van der Waals surface area contributed by atoms with Crippen molar-refractivity contribution in [3.05, 3.63) is 65.7 Å². The second-order valence-corrected chi connectivity index (χ2v) is 5.93. The van der Waals surface area contributed by atoms with Crippen LogP contribution in [0.2, 0.25) is 0 Å². The monoisotopic (exact) mass is 326 g/mol. The van der Waals surface area contributed by atoms with Gasteiger partial charge in [-0.15, -0.1) is 0 Å². The molecule has 1 heterocycles. The molecular formula is C19H22N2O3. The molecule has 2 aromatic rings. The van der Waals surface area contributed by atoms with Crippen LogP contribution in [0.3, 0.4) is 0 Å². The van der Waals surface area contributed by atoms with Crippen molar-refractivity contribution in [2.24, 2.45) is 0 Å². The number of ether oxygens (including phenoxy) is 1. The molecule has 126 valence electrons. The van der Waals surface area contributed by atoms with Gasteiger partial charge < -0.3 is 14.7 Å². The maximum absolute atomic E-state index is 11.0. The number of hydrogen-bond donors (Lipinski definition) is 1. The van der Waals surface area contributed by atoms with Gasteiger partial charge in [-0.25, -0.2) is 4.79 Å². The fraction of sp³-hybridized carbons (Fsp3) is 0.316. The van der Waals surface area contributed by atoms with E-state index < -0.39 is 6.09 Å². The number of hydrogen-bond acceptors (Lipinski definition) is 3. The predicted octanol–water partition coefficient (Wildman–Crippen LogP) is 3.06. The zero-order valence-corrected chi connectivity index (χ0v) is 13.6. The van der Waals surface area contributed by atoms with E-state index >= 15 is 0 Å². The summed E-state index contributed by atoms with van der Waals surface area (Å²) in [6, 6.07) is 18.2. The fourth-order valence-corrected chi connectivity index (χ4v) is 2.85. The molecule has 1 aliphatic heterocycles. The minimum absolute atomic E-state index is 0.546. The molecule has 1 saturated heterocycles. The molecule has 0 atom stereocenters. The molecule has 24 heavy (non-hydrogen) atoms. The smallest absolute Gasteiger partial charge is 0.407 e. The van der Waals surface area contributed by atoms with Crippen molar-refractivity contribution in [1.82, 2.24) is 9.80 Å². The first kappa shape index (κ1) is 16.3. The number of benzene rings is 2. The fourth-order valence-electron chi connectivity index (χ4n) is 2.85. The van der Waals surface area contributed by atoms with Gasteiger partial charge in [-0.1, -0.05) is 48.5 Å². The molecule has 0 unspecified atom stereocenters. The summed E-state index contributed by atoms with van der Waals surface area (Å²) in [4.78, 5) is 14.7. The molecule has 2 aromatic carbocycles. The van der Waals surface area contributed by atoms with E-state index in [0.717, 1.165) is 36.5 Å². The van der Waals surface area contributed by atoms with Crippen molar-refractivity contribution in [2.75, 3.05) is 26.2 Å². The molecule has 1 N–H and O–H groups in total. The number of para-hydroxylation sites is 1. The Bertz CT molecular complexity index is 667. The first-order valence-electron chi connectivity index (χ1n) is 8.17. The number of rotatable bonds is 5. The molecule has 0 spiro atoms. The molecule has 0 bridgehead atoms. The number of carbonyl (C=O) groups is 1. The van der Waals surface area contributed by atoms with Crippen molar-refractivity contribution < 1.29 is 14.6 Å². The van der Waals surface area contributed by atoms with Crippen LogP contribution in [0.4, 0.5) is 4.79 Å². The molecule has 0 saturated carbocycles. The Kier molecular flexibility index (Phi) is 5.33. The number of amides is 1. The Labute approximate surface area is 142 Å². The average molecular weight is 326 g/mol. The van der Waals surface area contributed by atoms with E-state index in [-0.39, 0.29) is 0 Å². The van der Waals surface area contributed by atoms with Crippen molar-refractivity contribution in [2.45, 2.75) is 13.2 Å². The van der Waals surface area contributed by atoms with Gasteiger partial charge in [0.25, 0.3) is 0 Å². The van der Waals surface area contributed by atoms with E-state index in [9.17, 15) is 4.79 Å². The summed E-state index contributed by atoms with van der Waals surface area (Å²) in [6.45, 7) is 3.94. The number of nitrogens with zero attached hydrogens (tertiary/aromatic N) is 2. The summed E-state index contributed by atoms with van der Waals surface area (Å²) in [6.07, 6.45) is -0.832. The Morgan fingerprint density at radius 3 is 2.33 bits per heavy atom. The van der Waals surface area contributed by atoms with Crippen LogP contribution in [0.5, 0.6) is 5.75 Å². The van der Waals surface area contributed by atoms with Crippen molar-refractivity contribution in [1.29, 1.82) is 0 Å². The first-order chi connectivity index (χ1) is 11.7. The summed E-state index contributed by atoms with van der Waals surface area (Å²) in [7, 11) is 0. The highest BCUT2D eigenvalue weighted by atomic mass is 16.5. The van der Waals surface area contributed by atoms with Gasteiger partial charge in [0.15, 0.2) is 0 Å². The highest BCUT2D eigenvalue weighted by Gasteiger charge is 2.21. The van der Waals surface area contributed by atoms with Crippen molar-refractivity contribution in [3.63, 3.8) is 0 Å². The maximum Gasteiger partial charge on any atom is 0.407 e. The van der Waals surface area contributed by atoms with E-state index in [1.165, 1.54) is 4.90 Å². The van der Waals surface area contributed by atoms with Crippen LogP contribution in [0.1, 0.15) is 11.1 Å². The summed E-state index contributed by atoms with van der Waals surface area (Å²) in [5, 5.41) is 9.02. The normalized spacial score (nSPS) is 15.2. The lowest BCUT2D eigenvalue weighted by Crippen LogP contribution is -2.47. The van der Waals surface area contributed by atoms with Crippen LogP contribution in [-0.4, -0.2) is 47.2 Å². The molecule has 5 heteroatoms. The zero-order chi connectivity index (χ0) is 16.8. The van der Waals surface area contributed by atoms with Gasteiger partial charge in [0.1, 0.15) is 12.4 Å². The Morgan fingerprint density at radius 1 is 0.958 bits per heavy atom. The SMILES string of the molecule is O=C(O)N1CCN(Cc2ccccc2OCc2ccccc2)CC1. The standard InChI is InChI=1S/C19H22N2O3/c22-19(23)21-12-10-20(11-13-21)14-17-8-4-5-9-18(17)24-15-16-6-2-1-3-7-16/h1-9H,10-15H2,(H,22,23). The maximum atomic E-state index is 11.0. The number of carboxylic acid groups (broad SMARTS) is 1. The molecule has 1 amide bonds. The lowest BCUT2D eigenvalue weighted by atomic mass is 10.1. The topological polar surface area (TPSA) is 53.0 Å². The van der Waals surface area contributed by atoms with E-state index in [1.54, 1.807) is 0 Å². The van der Waals surface area contributed by atoms with E-state index in [4.69, 9.17) is 9.84 Å². The molecule has 1 aliphatic rings. The Morgan fingerprint density at radius 2 is 1.62 bits per heavy atom. The largest absolute Gasteiger partial charge is 0.489 e. The molecular weight excluding hydrogens is 304 g/mol. The summed E-state index contributed by atoms with van der Waals surface area (Å²) >= 11 is 0. The molecule has 0 radical (unpaired) electrons. The molecule has 0 aliphatic carbocycles. The van der Waals surface area contributed by atoms with Gasteiger partial charge >= 0.3 is 6.09 Å². The first-order valence-corrected chi connectivity index (χ1v) is 8.17. The van der Waals surface area contributed by atoms with Crippen LogP contribution >= 0.6 is 0 Å². The van der Waals surface area contributed by atoms with Gasteiger partial charge in [-0.2, -0.15) is 0 Å². The van der Waals surface area contributed by atoms with Crippen molar-refractivity contribution >= 4 is 6.09 Å². The lowest BCUT2D eigenvalue weighted by Gasteiger charge is -2.33. The van der Waals surface area contributed by atoms with E-state index in [1.807, 2.05) is 48.5 Å². The van der Waals surface area contributed by atoms with Crippen LogP contribution in [0.15, 0.2) is 54.6 Å². The van der Waals surface area contributed by atoms with Gasteiger partial charge in [0.05, 0.1) is 0 Å². The van der Waals surface area contributed by atoms with Gasteiger partial charge in [-0.3, -0.25) is 4.90 Å². The minimum Gasteiger partial charge on any atom is -0.489 e. The van der Waals surface area contributed by atoms with Gasteiger partial charge in [0.2, 0.25) is 0 Å². The third kappa shape index (κ3) is 4.26. The predicted molar refractivity (Wildman–Crippen MR) is 92.1 cm³/mol. The van der Waals surface area contributed by atoms with E-state index in [2.05, 4.69) is 11.0 Å². The zero-order valence-electron chi connectivity index (χ0n) is 13.6. The molecule has 0 aromatic heterocycles. The van der Waals surface area contributed by atoms with Crippen LogP contribution in [0.25, 0.3) is 0 Å². The Hall–Kier alpha value is -2.53. The summed E-state index contributed by atoms with van der Waals surface area (Å²) in [5.74, 6) is 0.891. The average Bonchev–Trinajstić information content (AvgIpc) is 2.62. The highest BCUT2D eigenvalue weighted by Crippen LogP contribution is 2.21. The van der Waals surface area contributed by atoms with Crippen molar-refractivity contribution in [3.8, 4) is 5.75 Å². The quantitative estimate of drug-likeness (QED) is 0.917. The lowest BCUT2D eigenvalue weighted by molar-refractivity contribution is 0.102. The van der Waals surface area contributed by atoms with Crippen LogP contribution < -0.4 is 4.74 Å². The molecule has 3 rings (SSSR count). The Balaban J connectivity index is 1.59. The minimum atomic E-state index is -0.832. The third-order valence-corrected chi connectivity index (χ3v) is 4.25. The van der Waals surface area contributed by atoms with Crippen LogP contribution in [0, 0.1) is 0 Å². The summed E-state index contributed by atoms with van der Waals surface area (Å²) in [5.41, 5.74) is 2.28. The van der Waals surface area contributed by atoms with Crippen LogP contribution in [-0.2, 0) is 13.2 Å². The number of piperazine rings is 1. The second kappa shape index (κ2) is 7.84. The highest BCUT2D eigenvalue weighted by molar-refractivity contribution is 5.65. The van der Waals surface area contributed by atoms with Gasteiger partial charge in [0, 0.05) is 38.3 Å². The summed E-state index contributed by atoms with van der Waals surface area (Å²) < 4.78 is 5.99. The second-order valence-electron chi connectivity index (χ2n) is 5.93.